The number of carbonyl (C=O) groups is 1. The van der Waals surface area contributed by atoms with Gasteiger partial charge in [0.05, 0.1) is 12.7 Å². The van der Waals surface area contributed by atoms with Gasteiger partial charge < -0.3 is 4.74 Å². The Bertz CT molecular complexity index is 368. The molecule has 0 bridgehead atoms. The fourth-order valence-corrected chi connectivity index (χ4v) is 1.75. The second-order valence-corrected chi connectivity index (χ2v) is 4.61. The van der Waals surface area contributed by atoms with Crippen LogP contribution in [-0.2, 0) is 4.74 Å². The molecule has 0 radical (unpaired) electrons. The Morgan fingerprint density at radius 1 is 1.60 bits per heavy atom. The minimum Gasteiger partial charge on any atom is -0.465 e. The van der Waals surface area contributed by atoms with Crippen LogP contribution < -0.4 is 0 Å². The van der Waals surface area contributed by atoms with Crippen molar-refractivity contribution in [2.45, 2.75) is 4.83 Å². The first-order chi connectivity index (χ1) is 7.10. The molecule has 0 heterocycles. The van der Waals surface area contributed by atoms with Crippen molar-refractivity contribution < 1.29 is 13.9 Å². The number of benzene rings is 1. The highest BCUT2D eigenvalue weighted by Gasteiger charge is 2.14. The Labute approximate surface area is 104 Å². The van der Waals surface area contributed by atoms with Crippen LogP contribution in [0.2, 0.25) is 0 Å². The number of halogens is 3. The average Bonchev–Trinajstić information content (AvgIpc) is 2.26. The highest BCUT2D eigenvalue weighted by atomic mass is 79.9. The van der Waals surface area contributed by atoms with Crippen LogP contribution in [0.15, 0.2) is 18.2 Å². The number of hydrogen-bond donors (Lipinski definition) is 0. The van der Waals surface area contributed by atoms with Crippen LogP contribution in [-0.4, -0.2) is 18.4 Å². The highest BCUT2D eigenvalue weighted by Crippen LogP contribution is 2.26. The van der Waals surface area contributed by atoms with Crippen molar-refractivity contribution in [2.75, 3.05) is 12.4 Å². The molecule has 0 aromatic heterocycles. The van der Waals surface area contributed by atoms with Crippen LogP contribution in [0.3, 0.4) is 0 Å². The van der Waals surface area contributed by atoms with Gasteiger partial charge >= 0.3 is 5.97 Å². The zero-order valence-electron chi connectivity index (χ0n) is 7.97. The molecular formula is C10H9Br2FO2. The van der Waals surface area contributed by atoms with Crippen molar-refractivity contribution in [3.63, 3.8) is 0 Å². The standard InChI is InChI=1S/C10H9Br2FO2/c1-15-10(14)7-3-2-6(4-9(7)13)8(12)5-11/h2-4,8H,5H2,1H3. The summed E-state index contributed by atoms with van der Waals surface area (Å²) in [5.74, 6) is -1.23. The monoisotopic (exact) mass is 338 g/mol. The number of ether oxygens (including phenoxy) is 1. The van der Waals surface area contributed by atoms with E-state index in [2.05, 4.69) is 36.6 Å². The molecule has 15 heavy (non-hydrogen) atoms. The van der Waals surface area contributed by atoms with E-state index in [1.807, 2.05) is 0 Å². The lowest BCUT2D eigenvalue weighted by atomic mass is 10.1. The van der Waals surface area contributed by atoms with Crippen molar-refractivity contribution >= 4 is 37.8 Å². The van der Waals surface area contributed by atoms with Crippen molar-refractivity contribution in [3.8, 4) is 0 Å². The van der Waals surface area contributed by atoms with Crippen molar-refractivity contribution in [3.05, 3.63) is 35.1 Å². The van der Waals surface area contributed by atoms with Crippen LogP contribution in [0.4, 0.5) is 4.39 Å². The lowest BCUT2D eigenvalue weighted by molar-refractivity contribution is 0.0595. The topological polar surface area (TPSA) is 26.3 Å². The molecule has 82 valence electrons. The van der Waals surface area contributed by atoms with Gasteiger partial charge in [-0.1, -0.05) is 37.9 Å². The number of hydrogen-bond acceptors (Lipinski definition) is 2. The molecule has 0 aliphatic heterocycles. The Balaban J connectivity index is 3.03. The maximum absolute atomic E-state index is 13.4. The van der Waals surface area contributed by atoms with E-state index in [1.165, 1.54) is 19.2 Å². The maximum Gasteiger partial charge on any atom is 0.340 e. The maximum atomic E-state index is 13.4. The van der Waals surface area contributed by atoms with E-state index in [0.29, 0.717) is 5.33 Å². The molecule has 1 atom stereocenters. The Hall–Kier alpha value is -0.420. The van der Waals surface area contributed by atoms with Crippen LogP contribution in [0.25, 0.3) is 0 Å². The van der Waals surface area contributed by atoms with E-state index in [1.54, 1.807) is 6.07 Å². The second-order valence-electron chi connectivity index (χ2n) is 2.85. The summed E-state index contributed by atoms with van der Waals surface area (Å²) in [5, 5.41) is 0.671. The third kappa shape index (κ3) is 3.01. The molecule has 0 amide bonds. The van der Waals surface area contributed by atoms with Gasteiger partial charge in [0, 0.05) is 10.2 Å². The van der Waals surface area contributed by atoms with Gasteiger partial charge in [0.1, 0.15) is 5.82 Å². The first-order valence-electron chi connectivity index (χ1n) is 4.18. The molecule has 0 aliphatic carbocycles. The fraction of sp³-hybridized carbons (Fsp3) is 0.300. The van der Waals surface area contributed by atoms with Crippen LogP contribution in [0, 0.1) is 5.82 Å². The molecule has 1 rings (SSSR count). The van der Waals surface area contributed by atoms with Gasteiger partial charge in [-0.2, -0.15) is 0 Å². The van der Waals surface area contributed by atoms with E-state index in [-0.39, 0.29) is 10.4 Å². The number of methoxy groups -OCH3 is 1. The summed E-state index contributed by atoms with van der Waals surface area (Å²) in [6.45, 7) is 0. The summed E-state index contributed by atoms with van der Waals surface area (Å²) in [4.78, 5) is 11.1. The lowest BCUT2D eigenvalue weighted by Crippen LogP contribution is -2.05. The summed E-state index contributed by atoms with van der Waals surface area (Å²) in [6, 6.07) is 4.44. The third-order valence-corrected chi connectivity index (χ3v) is 4.26. The van der Waals surface area contributed by atoms with Crippen LogP contribution >= 0.6 is 31.9 Å². The minimum absolute atomic E-state index is 0.0266. The average molecular weight is 340 g/mol. The predicted octanol–water partition coefficient (Wildman–Crippen LogP) is 3.44. The first-order valence-corrected chi connectivity index (χ1v) is 6.21. The molecule has 0 aliphatic rings. The Morgan fingerprint density at radius 2 is 2.27 bits per heavy atom. The van der Waals surface area contributed by atoms with E-state index in [0.717, 1.165) is 5.56 Å². The molecule has 1 aromatic rings. The molecule has 2 nitrogen and oxygen atoms in total. The summed E-state index contributed by atoms with van der Waals surface area (Å²) >= 11 is 6.64. The fourth-order valence-electron chi connectivity index (χ4n) is 1.09. The first kappa shape index (κ1) is 12.6. The lowest BCUT2D eigenvalue weighted by Gasteiger charge is -2.08. The van der Waals surface area contributed by atoms with Gasteiger partial charge in [-0.15, -0.1) is 0 Å². The zero-order chi connectivity index (χ0) is 11.4. The number of rotatable bonds is 3. The summed E-state index contributed by atoms with van der Waals surface area (Å²) in [6.07, 6.45) is 0. The zero-order valence-corrected chi connectivity index (χ0v) is 11.1. The van der Waals surface area contributed by atoms with Gasteiger partial charge in [0.2, 0.25) is 0 Å². The van der Waals surface area contributed by atoms with E-state index < -0.39 is 11.8 Å². The normalized spacial score (nSPS) is 12.3. The molecule has 0 saturated carbocycles. The van der Waals surface area contributed by atoms with Gasteiger partial charge in [0.25, 0.3) is 0 Å². The van der Waals surface area contributed by atoms with Gasteiger partial charge in [-0.3, -0.25) is 0 Å². The van der Waals surface area contributed by atoms with Crippen molar-refractivity contribution in [2.24, 2.45) is 0 Å². The van der Waals surface area contributed by atoms with E-state index in [4.69, 9.17) is 0 Å². The summed E-state index contributed by atoms with van der Waals surface area (Å²) < 4.78 is 17.9. The molecule has 0 N–H and O–H groups in total. The van der Waals surface area contributed by atoms with Gasteiger partial charge in [-0.25, -0.2) is 9.18 Å². The van der Waals surface area contributed by atoms with Gasteiger partial charge in [0.15, 0.2) is 0 Å². The Morgan fingerprint density at radius 3 is 2.73 bits per heavy atom. The summed E-state index contributed by atoms with van der Waals surface area (Å²) in [5.41, 5.74) is 0.729. The molecular weight excluding hydrogens is 331 g/mol. The second kappa shape index (κ2) is 5.61. The number of carbonyl (C=O) groups excluding carboxylic acids is 1. The molecule has 0 spiro atoms. The van der Waals surface area contributed by atoms with Crippen LogP contribution in [0.1, 0.15) is 20.7 Å². The van der Waals surface area contributed by atoms with Crippen LogP contribution in [0.5, 0.6) is 0 Å². The smallest absolute Gasteiger partial charge is 0.340 e. The minimum atomic E-state index is -0.663. The SMILES string of the molecule is COC(=O)c1ccc(C(Br)CBr)cc1F. The molecule has 5 heteroatoms. The molecule has 0 fully saturated rings. The molecule has 1 aromatic carbocycles. The van der Waals surface area contributed by atoms with Crippen molar-refractivity contribution in [1.82, 2.24) is 0 Å². The van der Waals surface area contributed by atoms with Crippen molar-refractivity contribution in [1.29, 1.82) is 0 Å². The summed E-state index contributed by atoms with van der Waals surface area (Å²) in [7, 11) is 1.22. The predicted molar refractivity (Wildman–Crippen MR) is 63.2 cm³/mol. The van der Waals surface area contributed by atoms with E-state index >= 15 is 0 Å². The number of esters is 1. The number of alkyl halides is 2. The quantitative estimate of drug-likeness (QED) is 0.623. The van der Waals surface area contributed by atoms with E-state index in [9.17, 15) is 9.18 Å². The third-order valence-electron chi connectivity index (χ3n) is 1.90. The largest absolute Gasteiger partial charge is 0.465 e. The molecule has 1 unspecified atom stereocenters. The van der Waals surface area contributed by atoms with Gasteiger partial charge in [-0.05, 0) is 17.7 Å². The Kier molecular flexibility index (Phi) is 4.73. The highest BCUT2D eigenvalue weighted by molar-refractivity contribution is 9.12. The molecule has 0 saturated heterocycles.